The molecule has 0 aliphatic carbocycles. The number of methoxy groups -OCH3 is 1. The first-order valence-electron chi connectivity index (χ1n) is 8.35. The number of ether oxygens (including phenoxy) is 1. The van der Waals surface area contributed by atoms with Gasteiger partial charge < -0.3 is 20.1 Å². The molecule has 0 saturated carbocycles. The van der Waals surface area contributed by atoms with Crippen molar-refractivity contribution in [2.45, 2.75) is 6.04 Å². The minimum absolute atomic E-state index is 0.160. The van der Waals surface area contributed by atoms with Crippen LogP contribution in [-0.2, 0) is 0 Å². The van der Waals surface area contributed by atoms with Crippen molar-refractivity contribution in [1.82, 2.24) is 9.97 Å². The molecule has 2 aromatic carbocycles. The molecule has 26 heavy (non-hydrogen) atoms. The van der Waals surface area contributed by atoms with Crippen LogP contribution >= 0.6 is 0 Å². The van der Waals surface area contributed by atoms with Crippen LogP contribution in [0.4, 0.5) is 5.69 Å². The van der Waals surface area contributed by atoms with Gasteiger partial charge in [0.1, 0.15) is 11.5 Å². The summed E-state index contributed by atoms with van der Waals surface area (Å²) in [6.45, 7) is 0. The molecule has 5 heteroatoms. The van der Waals surface area contributed by atoms with E-state index in [1.54, 1.807) is 31.6 Å². The second-order valence-corrected chi connectivity index (χ2v) is 6.07. The van der Waals surface area contributed by atoms with Gasteiger partial charge >= 0.3 is 0 Å². The molecule has 4 rings (SSSR count). The Morgan fingerprint density at radius 2 is 2.04 bits per heavy atom. The van der Waals surface area contributed by atoms with Crippen LogP contribution in [0.1, 0.15) is 17.2 Å². The number of aromatic amines is 1. The lowest BCUT2D eigenvalue weighted by Gasteiger charge is -2.20. The van der Waals surface area contributed by atoms with Gasteiger partial charge in [0.2, 0.25) is 0 Å². The highest BCUT2D eigenvalue weighted by atomic mass is 16.5. The number of benzene rings is 2. The zero-order valence-corrected chi connectivity index (χ0v) is 14.3. The van der Waals surface area contributed by atoms with Crippen molar-refractivity contribution in [2.24, 2.45) is 0 Å². The highest BCUT2D eigenvalue weighted by molar-refractivity contribution is 5.86. The summed E-state index contributed by atoms with van der Waals surface area (Å²) in [7, 11) is 1.66. The molecular weight excluding hydrogens is 326 g/mol. The van der Waals surface area contributed by atoms with Crippen LogP contribution in [0.15, 0.2) is 73.2 Å². The maximum Gasteiger partial charge on any atom is 0.119 e. The highest BCUT2D eigenvalue weighted by Gasteiger charge is 2.19. The average Bonchev–Trinajstić information content (AvgIpc) is 3.09. The zero-order chi connectivity index (χ0) is 17.9. The van der Waals surface area contributed by atoms with Crippen molar-refractivity contribution in [3.63, 3.8) is 0 Å². The number of hydrogen-bond donors (Lipinski definition) is 3. The fourth-order valence-corrected chi connectivity index (χ4v) is 3.15. The zero-order valence-electron chi connectivity index (χ0n) is 14.3. The van der Waals surface area contributed by atoms with E-state index in [1.165, 1.54) is 0 Å². The van der Waals surface area contributed by atoms with Crippen molar-refractivity contribution >= 4 is 16.6 Å². The maximum absolute atomic E-state index is 9.95. The van der Waals surface area contributed by atoms with Gasteiger partial charge in [-0.25, -0.2) is 0 Å². The molecule has 0 aliphatic rings. The summed E-state index contributed by atoms with van der Waals surface area (Å²) >= 11 is 0. The molecule has 0 saturated heterocycles. The first kappa shape index (κ1) is 16.0. The summed E-state index contributed by atoms with van der Waals surface area (Å²) in [6, 6.07) is 16.9. The number of rotatable bonds is 5. The molecule has 2 aromatic heterocycles. The monoisotopic (exact) mass is 345 g/mol. The predicted octanol–water partition coefficient (Wildman–Crippen LogP) is 4.48. The van der Waals surface area contributed by atoms with E-state index in [2.05, 4.69) is 15.3 Å². The number of fused-ring (bicyclic) bond motifs is 1. The number of phenols is 1. The Kier molecular flexibility index (Phi) is 4.19. The third-order valence-electron chi connectivity index (χ3n) is 4.41. The Morgan fingerprint density at radius 1 is 1.12 bits per heavy atom. The molecule has 5 nitrogen and oxygen atoms in total. The fraction of sp³-hybridized carbons (Fsp3) is 0.0952. The lowest BCUT2D eigenvalue weighted by molar-refractivity contribution is 0.415. The van der Waals surface area contributed by atoms with Crippen molar-refractivity contribution in [1.29, 1.82) is 0 Å². The minimum Gasteiger partial charge on any atom is -0.508 e. The van der Waals surface area contributed by atoms with Crippen LogP contribution in [-0.4, -0.2) is 22.2 Å². The molecule has 0 fully saturated rings. The standard InChI is InChI=1S/C21H19N3O2/c1-26-17-7-8-20-18(11-17)19(13-23-20)21(14-4-2-6-16(25)10-14)24-15-5-3-9-22-12-15/h2-13,21,23-25H,1H3. The van der Waals surface area contributed by atoms with Crippen LogP contribution in [0.5, 0.6) is 11.5 Å². The smallest absolute Gasteiger partial charge is 0.119 e. The molecule has 1 unspecified atom stereocenters. The Morgan fingerprint density at radius 3 is 2.81 bits per heavy atom. The predicted molar refractivity (Wildman–Crippen MR) is 103 cm³/mol. The molecule has 1 atom stereocenters. The summed E-state index contributed by atoms with van der Waals surface area (Å²) in [5, 5.41) is 14.5. The van der Waals surface area contributed by atoms with Crippen LogP contribution in [0.3, 0.4) is 0 Å². The van der Waals surface area contributed by atoms with E-state index >= 15 is 0 Å². The van der Waals surface area contributed by atoms with Gasteiger partial charge in [0.05, 0.1) is 18.8 Å². The quantitative estimate of drug-likeness (QED) is 0.499. The van der Waals surface area contributed by atoms with E-state index in [4.69, 9.17) is 4.74 Å². The number of pyridine rings is 1. The molecular formula is C21H19N3O2. The van der Waals surface area contributed by atoms with Crippen molar-refractivity contribution in [2.75, 3.05) is 12.4 Å². The number of aromatic nitrogens is 2. The van der Waals surface area contributed by atoms with Crippen molar-refractivity contribution in [3.8, 4) is 11.5 Å². The number of aromatic hydroxyl groups is 1. The maximum atomic E-state index is 9.95. The van der Waals surface area contributed by atoms with Crippen LogP contribution < -0.4 is 10.1 Å². The summed E-state index contributed by atoms with van der Waals surface area (Å²) < 4.78 is 5.39. The summed E-state index contributed by atoms with van der Waals surface area (Å²) in [4.78, 5) is 7.50. The molecule has 0 aliphatic heterocycles. The molecule has 2 heterocycles. The van der Waals surface area contributed by atoms with Crippen molar-refractivity contribution in [3.05, 3.63) is 84.3 Å². The van der Waals surface area contributed by atoms with Gasteiger partial charge in [-0.2, -0.15) is 0 Å². The lowest BCUT2D eigenvalue weighted by Crippen LogP contribution is -2.12. The minimum atomic E-state index is -0.160. The van der Waals surface area contributed by atoms with E-state index in [9.17, 15) is 5.11 Å². The summed E-state index contributed by atoms with van der Waals surface area (Å²) in [5.41, 5.74) is 3.95. The van der Waals surface area contributed by atoms with Crippen molar-refractivity contribution < 1.29 is 9.84 Å². The molecule has 4 aromatic rings. The lowest BCUT2D eigenvalue weighted by atomic mass is 9.97. The number of H-pyrrole nitrogens is 1. The molecule has 0 bridgehead atoms. The second-order valence-electron chi connectivity index (χ2n) is 6.07. The molecule has 0 radical (unpaired) electrons. The Bertz CT molecular complexity index is 1030. The third kappa shape index (κ3) is 3.07. The van der Waals surface area contributed by atoms with E-state index in [-0.39, 0.29) is 11.8 Å². The SMILES string of the molecule is COc1ccc2[nH]cc(C(Nc3cccnc3)c3cccc(O)c3)c2c1. The van der Waals surface area contributed by atoms with Gasteiger partial charge in [-0.3, -0.25) is 4.98 Å². The van der Waals surface area contributed by atoms with Gasteiger partial charge in [-0.15, -0.1) is 0 Å². The van der Waals surface area contributed by atoms with Gasteiger partial charge in [0, 0.05) is 35.1 Å². The molecule has 0 spiro atoms. The topological polar surface area (TPSA) is 70.2 Å². The number of nitrogens with one attached hydrogen (secondary N) is 2. The number of nitrogens with zero attached hydrogens (tertiary/aromatic N) is 1. The number of anilines is 1. The van der Waals surface area contributed by atoms with Gasteiger partial charge in [0.25, 0.3) is 0 Å². The summed E-state index contributed by atoms with van der Waals surface area (Å²) in [5.74, 6) is 1.03. The van der Waals surface area contributed by atoms with Gasteiger partial charge in [0.15, 0.2) is 0 Å². The van der Waals surface area contributed by atoms with E-state index in [0.29, 0.717) is 0 Å². The normalized spacial score (nSPS) is 12.0. The first-order chi connectivity index (χ1) is 12.7. The van der Waals surface area contributed by atoms with Gasteiger partial charge in [-0.1, -0.05) is 12.1 Å². The molecule has 130 valence electrons. The molecule has 3 N–H and O–H groups in total. The second kappa shape index (κ2) is 6.80. The van der Waals surface area contributed by atoms with Crippen LogP contribution in [0, 0.1) is 0 Å². The summed E-state index contributed by atoms with van der Waals surface area (Å²) in [6.07, 6.45) is 5.51. The fourth-order valence-electron chi connectivity index (χ4n) is 3.15. The largest absolute Gasteiger partial charge is 0.508 e. The number of hydrogen-bond acceptors (Lipinski definition) is 4. The van der Waals surface area contributed by atoms with E-state index in [1.807, 2.05) is 48.7 Å². The Hall–Kier alpha value is -3.47. The highest BCUT2D eigenvalue weighted by Crippen LogP contribution is 2.34. The first-order valence-corrected chi connectivity index (χ1v) is 8.35. The average molecular weight is 345 g/mol. The Labute approximate surface area is 151 Å². The number of phenolic OH excluding ortho intramolecular Hbond substituents is 1. The Balaban J connectivity index is 1.85. The van der Waals surface area contributed by atoms with Crippen LogP contribution in [0.2, 0.25) is 0 Å². The van der Waals surface area contributed by atoms with Crippen LogP contribution in [0.25, 0.3) is 10.9 Å². The van der Waals surface area contributed by atoms with E-state index in [0.717, 1.165) is 33.5 Å². The third-order valence-corrected chi connectivity index (χ3v) is 4.41. The molecule has 0 amide bonds. The van der Waals surface area contributed by atoms with E-state index < -0.39 is 0 Å². The van der Waals surface area contributed by atoms with Gasteiger partial charge in [-0.05, 0) is 48.0 Å².